The number of amides is 1. The molecule has 0 spiro atoms. The van der Waals surface area contributed by atoms with E-state index in [4.69, 9.17) is 9.47 Å². The van der Waals surface area contributed by atoms with Crippen LogP contribution in [-0.4, -0.2) is 25.6 Å². The minimum atomic E-state index is -0.532. The molecule has 0 unspecified atom stereocenters. The SMILES string of the molecule is COCc1ccc(C(=O)OCC(=O)Nc2cc(C)ccc2C)cc1. The van der Waals surface area contributed by atoms with Crippen molar-refractivity contribution in [3.63, 3.8) is 0 Å². The first-order chi connectivity index (χ1) is 11.5. The molecule has 0 aromatic heterocycles. The van der Waals surface area contributed by atoms with Crippen LogP contribution in [0, 0.1) is 13.8 Å². The molecule has 1 N–H and O–H groups in total. The van der Waals surface area contributed by atoms with E-state index in [1.165, 1.54) is 0 Å². The molecule has 0 saturated carbocycles. The molecule has 0 fully saturated rings. The zero-order valence-corrected chi connectivity index (χ0v) is 14.1. The van der Waals surface area contributed by atoms with Gasteiger partial charge in [0.25, 0.3) is 5.91 Å². The number of benzene rings is 2. The lowest BCUT2D eigenvalue weighted by molar-refractivity contribution is -0.119. The van der Waals surface area contributed by atoms with Gasteiger partial charge < -0.3 is 14.8 Å². The minimum absolute atomic E-state index is 0.327. The molecule has 2 aromatic carbocycles. The van der Waals surface area contributed by atoms with Crippen LogP contribution in [0.3, 0.4) is 0 Å². The predicted molar refractivity (Wildman–Crippen MR) is 92.0 cm³/mol. The molecule has 0 saturated heterocycles. The van der Waals surface area contributed by atoms with Crippen LogP contribution in [0.15, 0.2) is 42.5 Å². The quantitative estimate of drug-likeness (QED) is 0.827. The fourth-order valence-corrected chi connectivity index (χ4v) is 2.17. The second-order valence-corrected chi connectivity index (χ2v) is 5.57. The Balaban J connectivity index is 1.88. The molecule has 0 heterocycles. The van der Waals surface area contributed by atoms with Crippen molar-refractivity contribution >= 4 is 17.6 Å². The van der Waals surface area contributed by atoms with Gasteiger partial charge in [0, 0.05) is 12.8 Å². The number of hydrogen-bond acceptors (Lipinski definition) is 4. The lowest BCUT2D eigenvalue weighted by Gasteiger charge is -2.10. The molecule has 5 heteroatoms. The maximum Gasteiger partial charge on any atom is 0.338 e. The second-order valence-electron chi connectivity index (χ2n) is 5.57. The number of nitrogens with one attached hydrogen (secondary N) is 1. The number of methoxy groups -OCH3 is 1. The van der Waals surface area contributed by atoms with Crippen molar-refractivity contribution in [1.29, 1.82) is 0 Å². The summed E-state index contributed by atoms with van der Waals surface area (Å²) in [5.74, 6) is -0.900. The van der Waals surface area contributed by atoms with Gasteiger partial charge in [0.1, 0.15) is 0 Å². The first-order valence-electron chi connectivity index (χ1n) is 7.61. The van der Waals surface area contributed by atoms with Crippen molar-refractivity contribution in [2.45, 2.75) is 20.5 Å². The molecular formula is C19H21NO4. The van der Waals surface area contributed by atoms with E-state index in [9.17, 15) is 9.59 Å². The molecular weight excluding hydrogens is 306 g/mol. The van der Waals surface area contributed by atoms with Gasteiger partial charge in [0.05, 0.1) is 12.2 Å². The topological polar surface area (TPSA) is 64.6 Å². The molecule has 2 aromatic rings. The Bertz CT molecular complexity index is 723. The molecule has 0 aliphatic carbocycles. The van der Waals surface area contributed by atoms with Gasteiger partial charge >= 0.3 is 5.97 Å². The third-order valence-electron chi connectivity index (χ3n) is 3.50. The van der Waals surface area contributed by atoms with E-state index in [-0.39, 0.29) is 12.5 Å². The molecule has 0 atom stereocenters. The average molecular weight is 327 g/mol. The van der Waals surface area contributed by atoms with Crippen LogP contribution in [0.25, 0.3) is 0 Å². The van der Waals surface area contributed by atoms with Gasteiger partial charge in [-0.2, -0.15) is 0 Å². The normalized spacial score (nSPS) is 10.3. The Morgan fingerprint density at radius 3 is 2.42 bits per heavy atom. The van der Waals surface area contributed by atoms with Gasteiger partial charge in [-0.3, -0.25) is 4.79 Å². The summed E-state index contributed by atoms with van der Waals surface area (Å²) in [6.45, 7) is 4.00. The predicted octanol–water partition coefficient (Wildman–Crippen LogP) is 3.25. The first kappa shape index (κ1) is 17.7. The van der Waals surface area contributed by atoms with E-state index in [0.717, 1.165) is 22.4 Å². The number of anilines is 1. The summed E-state index contributed by atoms with van der Waals surface area (Å²) in [4.78, 5) is 23.9. The van der Waals surface area contributed by atoms with Crippen LogP contribution in [0.1, 0.15) is 27.0 Å². The summed E-state index contributed by atoms with van der Waals surface area (Å²) >= 11 is 0. The number of esters is 1. The lowest BCUT2D eigenvalue weighted by atomic mass is 10.1. The van der Waals surface area contributed by atoms with Crippen molar-refractivity contribution in [3.05, 3.63) is 64.7 Å². The first-order valence-corrected chi connectivity index (χ1v) is 7.61. The molecule has 1 amide bonds. The van der Waals surface area contributed by atoms with Crippen LogP contribution in [0.4, 0.5) is 5.69 Å². The van der Waals surface area contributed by atoms with E-state index < -0.39 is 5.97 Å². The number of carbonyl (C=O) groups is 2. The maximum atomic E-state index is 12.0. The Labute approximate surface area is 141 Å². The van der Waals surface area contributed by atoms with Crippen molar-refractivity contribution in [2.75, 3.05) is 19.0 Å². The summed E-state index contributed by atoms with van der Waals surface area (Å²) in [7, 11) is 1.61. The van der Waals surface area contributed by atoms with Crippen LogP contribution in [0.2, 0.25) is 0 Å². The summed E-state index contributed by atoms with van der Waals surface area (Å²) in [5, 5.41) is 2.75. The fraction of sp³-hybridized carbons (Fsp3) is 0.263. The monoisotopic (exact) mass is 327 g/mol. The number of hydrogen-bond donors (Lipinski definition) is 1. The molecule has 2 rings (SSSR count). The highest BCUT2D eigenvalue weighted by atomic mass is 16.5. The number of carbonyl (C=O) groups excluding carboxylic acids is 2. The zero-order valence-electron chi connectivity index (χ0n) is 14.1. The fourth-order valence-electron chi connectivity index (χ4n) is 2.17. The van der Waals surface area contributed by atoms with E-state index in [1.807, 2.05) is 32.0 Å². The highest BCUT2D eigenvalue weighted by Crippen LogP contribution is 2.16. The van der Waals surface area contributed by atoms with Gasteiger partial charge in [0.2, 0.25) is 0 Å². The lowest BCUT2D eigenvalue weighted by Crippen LogP contribution is -2.21. The van der Waals surface area contributed by atoms with E-state index in [0.29, 0.717) is 12.2 Å². The Hall–Kier alpha value is -2.66. The Kier molecular flexibility index (Phi) is 6.09. The molecule has 0 radical (unpaired) electrons. The van der Waals surface area contributed by atoms with Gasteiger partial charge in [-0.25, -0.2) is 4.79 Å². The van der Waals surface area contributed by atoms with Crippen LogP contribution in [-0.2, 0) is 20.9 Å². The van der Waals surface area contributed by atoms with Gasteiger partial charge in [-0.05, 0) is 48.7 Å². The summed E-state index contributed by atoms with van der Waals surface area (Å²) in [6.07, 6.45) is 0. The van der Waals surface area contributed by atoms with Gasteiger partial charge in [-0.1, -0.05) is 24.3 Å². The Morgan fingerprint density at radius 2 is 1.75 bits per heavy atom. The second kappa shape index (κ2) is 8.26. The van der Waals surface area contributed by atoms with E-state index >= 15 is 0 Å². The molecule has 0 bridgehead atoms. The average Bonchev–Trinajstić information content (AvgIpc) is 2.57. The van der Waals surface area contributed by atoms with Gasteiger partial charge in [0.15, 0.2) is 6.61 Å². The van der Waals surface area contributed by atoms with Crippen molar-refractivity contribution in [1.82, 2.24) is 0 Å². The number of aryl methyl sites for hydroxylation is 2. The summed E-state index contributed by atoms with van der Waals surface area (Å²) < 4.78 is 10.1. The summed E-state index contributed by atoms with van der Waals surface area (Å²) in [6, 6.07) is 12.7. The third kappa shape index (κ3) is 4.93. The van der Waals surface area contributed by atoms with Crippen LogP contribution in [0.5, 0.6) is 0 Å². The maximum absolute atomic E-state index is 12.0. The molecule has 126 valence electrons. The minimum Gasteiger partial charge on any atom is -0.452 e. The highest BCUT2D eigenvalue weighted by Gasteiger charge is 2.11. The largest absolute Gasteiger partial charge is 0.452 e. The van der Waals surface area contributed by atoms with Crippen LogP contribution < -0.4 is 5.32 Å². The van der Waals surface area contributed by atoms with E-state index in [1.54, 1.807) is 31.4 Å². The molecule has 0 aliphatic rings. The number of rotatable bonds is 6. The highest BCUT2D eigenvalue weighted by molar-refractivity contribution is 5.95. The smallest absolute Gasteiger partial charge is 0.338 e. The molecule has 24 heavy (non-hydrogen) atoms. The zero-order chi connectivity index (χ0) is 17.5. The molecule has 0 aliphatic heterocycles. The standard InChI is InChI=1S/C19H21NO4/c1-13-4-5-14(2)17(10-13)20-18(21)12-24-19(22)16-8-6-15(7-9-16)11-23-3/h4-10H,11-12H2,1-3H3,(H,20,21). The Morgan fingerprint density at radius 1 is 1.04 bits per heavy atom. The van der Waals surface area contributed by atoms with Crippen molar-refractivity contribution in [2.24, 2.45) is 0 Å². The molecule has 5 nitrogen and oxygen atoms in total. The number of ether oxygens (including phenoxy) is 2. The summed E-state index contributed by atoms with van der Waals surface area (Å²) in [5.41, 5.74) is 4.08. The van der Waals surface area contributed by atoms with Gasteiger partial charge in [-0.15, -0.1) is 0 Å². The van der Waals surface area contributed by atoms with Crippen LogP contribution >= 0.6 is 0 Å². The van der Waals surface area contributed by atoms with Crippen molar-refractivity contribution in [3.8, 4) is 0 Å². The third-order valence-corrected chi connectivity index (χ3v) is 3.50. The van der Waals surface area contributed by atoms with Crippen molar-refractivity contribution < 1.29 is 19.1 Å². The van der Waals surface area contributed by atoms with E-state index in [2.05, 4.69) is 5.32 Å².